The van der Waals surface area contributed by atoms with Gasteiger partial charge in [-0.2, -0.15) is 0 Å². The molecule has 1 aromatic carbocycles. The highest BCUT2D eigenvalue weighted by molar-refractivity contribution is 7.98. The minimum absolute atomic E-state index is 0.558. The third-order valence-electron chi connectivity index (χ3n) is 3.53. The lowest BCUT2D eigenvalue weighted by atomic mass is 10.3. The van der Waals surface area contributed by atoms with Crippen LogP contribution in [0.1, 0.15) is 18.7 Å². The van der Waals surface area contributed by atoms with Crippen LogP contribution in [0, 0.1) is 0 Å². The van der Waals surface area contributed by atoms with Crippen molar-refractivity contribution >= 4 is 23.1 Å². The van der Waals surface area contributed by atoms with Crippen molar-refractivity contribution in [2.24, 2.45) is 0 Å². The van der Waals surface area contributed by atoms with Gasteiger partial charge in [-0.3, -0.25) is 4.57 Å². The summed E-state index contributed by atoms with van der Waals surface area (Å²) in [6.07, 6.45) is 0.736. The van der Waals surface area contributed by atoms with Crippen LogP contribution >= 0.6 is 23.1 Å². The van der Waals surface area contributed by atoms with Crippen molar-refractivity contribution in [3.8, 4) is 16.4 Å². The van der Waals surface area contributed by atoms with E-state index in [0.717, 1.165) is 28.0 Å². The first-order valence-corrected chi connectivity index (χ1v) is 9.70. The Balaban J connectivity index is 1.67. The molecule has 0 N–H and O–H groups in total. The second kappa shape index (κ2) is 7.20. The van der Waals surface area contributed by atoms with Gasteiger partial charge in [-0.25, -0.2) is 0 Å². The first-order chi connectivity index (χ1) is 12.3. The van der Waals surface area contributed by atoms with E-state index in [0.29, 0.717) is 17.5 Å². The van der Waals surface area contributed by atoms with E-state index in [1.54, 1.807) is 11.3 Å². The molecule has 0 bridgehead atoms. The van der Waals surface area contributed by atoms with Gasteiger partial charge in [0.05, 0.1) is 10.6 Å². The normalized spacial score (nSPS) is 11.1. The zero-order chi connectivity index (χ0) is 17.1. The molecular weight excluding hydrogens is 354 g/mol. The van der Waals surface area contributed by atoms with Crippen LogP contribution in [0.3, 0.4) is 0 Å². The topological polar surface area (TPSA) is 69.6 Å². The van der Waals surface area contributed by atoms with Crippen LogP contribution in [-0.4, -0.2) is 25.0 Å². The number of rotatable bonds is 6. The molecule has 0 atom stereocenters. The van der Waals surface area contributed by atoms with Gasteiger partial charge >= 0.3 is 0 Å². The number of aryl methyl sites for hydroxylation is 1. The second-order valence-electron chi connectivity index (χ2n) is 5.19. The molecular formula is C17H15N5OS2. The summed E-state index contributed by atoms with van der Waals surface area (Å²) in [4.78, 5) is 1.08. The van der Waals surface area contributed by atoms with E-state index in [-0.39, 0.29) is 0 Å². The van der Waals surface area contributed by atoms with Gasteiger partial charge in [0.2, 0.25) is 11.8 Å². The van der Waals surface area contributed by atoms with Gasteiger partial charge in [-0.15, -0.1) is 31.7 Å². The maximum Gasteiger partial charge on any atom is 0.226 e. The van der Waals surface area contributed by atoms with Crippen molar-refractivity contribution in [3.63, 3.8) is 0 Å². The van der Waals surface area contributed by atoms with Crippen molar-refractivity contribution in [2.75, 3.05) is 0 Å². The summed E-state index contributed by atoms with van der Waals surface area (Å²) >= 11 is 3.18. The largest absolute Gasteiger partial charge is 0.424 e. The van der Waals surface area contributed by atoms with Crippen LogP contribution in [-0.2, 0) is 12.2 Å². The third kappa shape index (κ3) is 3.35. The standard InChI is InChI=1S/C17H15N5OS2/c1-2-14-18-19-15(23-14)11-25-17-21-20-16(13-9-6-10-24-13)22(17)12-7-4-3-5-8-12/h3-10H,2,11H2,1H3. The Morgan fingerprint density at radius 3 is 2.56 bits per heavy atom. The summed E-state index contributed by atoms with van der Waals surface area (Å²) in [7, 11) is 0. The first-order valence-electron chi connectivity index (χ1n) is 7.84. The van der Waals surface area contributed by atoms with Gasteiger partial charge in [-0.1, -0.05) is 43.0 Å². The fourth-order valence-corrected chi connectivity index (χ4v) is 3.84. The second-order valence-corrected chi connectivity index (χ2v) is 7.08. The molecule has 4 rings (SSSR count). The smallest absolute Gasteiger partial charge is 0.226 e. The summed E-state index contributed by atoms with van der Waals surface area (Å²) in [6, 6.07) is 14.2. The highest BCUT2D eigenvalue weighted by Gasteiger charge is 2.17. The average molecular weight is 369 g/mol. The Hall–Kier alpha value is -2.45. The van der Waals surface area contributed by atoms with Crippen molar-refractivity contribution in [1.29, 1.82) is 0 Å². The number of benzene rings is 1. The minimum atomic E-state index is 0.558. The molecule has 8 heteroatoms. The van der Waals surface area contributed by atoms with Gasteiger partial charge in [0.1, 0.15) is 0 Å². The number of hydrogen-bond donors (Lipinski definition) is 0. The molecule has 0 saturated carbocycles. The number of thiophene rings is 1. The van der Waals surface area contributed by atoms with Crippen LogP contribution in [0.5, 0.6) is 0 Å². The Morgan fingerprint density at radius 1 is 1.00 bits per heavy atom. The molecule has 0 aliphatic rings. The molecule has 3 heterocycles. The van der Waals surface area contributed by atoms with Crippen LogP contribution in [0.2, 0.25) is 0 Å². The van der Waals surface area contributed by atoms with E-state index in [9.17, 15) is 0 Å². The molecule has 6 nitrogen and oxygen atoms in total. The maximum absolute atomic E-state index is 5.58. The van der Waals surface area contributed by atoms with E-state index in [4.69, 9.17) is 4.42 Å². The molecule has 0 aliphatic heterocycles. The lowest BCUT2D eigenvalue weighted by Gasteiger charge is -2.08. The summed E-state index contributed by atoms with van der Waals surface area (Å²) in [5.41, 5.74) is 1.03. The van der Waals surface area contributed by atoms with Crippen molar-refractivity contribution in [2.45, 2.75) is 24.3 Å². The van der Waals surface area contributed by atoms with Gasteiger partial charge < -0.3 is 4.42 Å². The number of para-hydroxylation sites is 1. The lowest BCUT2D eigenvalue weighted by Crippen LogP contribution is -1.98. The molecule has 25 heavy (non-hydrogen) atoms. The van der Waals surface area contributed by atoms with Gasteiger partial charge in [-0.05, 0) is 23.6 Å². The molecule has 0 amide bonds. The maximum atomic E-state index is 5.58. The summed E-state index contributed by atoms with van der Waals surface area (Å²) < 4.78 is 7.64. The van der Waals surface area contributed by atoms with E-state index in [2.05, 4.69) is 25.0 Å². The van der Waals surface area contributed by atoms with Crippen molar-refractivity contribution in [3.05, 3.63) is 59.6 Å². The third-order valence-corrected chi connectivity index (χ3v) is 5.30. The highest BCUT2D eigenvalue weighted by atomic mass is 32.2. The van der Waals surface area contributed by atoms with E-state index < -0.39 is 0 Å². The Morgan fingerprint density at radius 2 is 1.84 bits per heavy atom. The van der Waals surface area contributed by atoms with E-state index >= 15 is 0 Å². The molecule has 0 aliphatic carbocycles. The number of aromatic nitrogens is 5. The summed E-state index contributed by atoms with van der Waals surface area (Å²) in [5.74, 6) is 2.65. The quantitative estimate of drug-likeness (QED) is 0.474. The van der Waals surface area contributed by atoms with Crippen LogP contribution in [0.15, 0.2) is 57.4 Å². The zero-order valence-corrected chi connectivity index (χ0v) is 15.1. The molecule has 0 spiro atoms. The minimum Gasteiger partial charge on any atom is -0.424 e. The first kappa shape index (κ1) is 16.0. The highest BCUT2D eigenvalue weighted by Crippen LogP contribution is 2.31. The molecule has 126 valence electrons. The van der Waals surface area contributed by atoms with Gasteiger partial charge in [0.25, 0.3) is 0 Å². The molecule has 0 radical (unpaired) electrons. The van der Waals surface area contributed by atoms with E-state index in [1.165, 1.54) is 11.8 Å². The molecule has 4 aromatic rings. The molecule has 0 saturated heterocycles. The Bertz CT molecular complexity index is 947. The van der Waals surface area contributed by atoms with Crippen LogP contribution < -0.4 is 0 Å². The van der Waals surface area contributed by atoms with E-state index in [1.807, 2.05) is 54.8 Å². The summed E-state index contributed by atoms with van der Waals surface area (Å²) in [6.45, 7) is 1.99. The lowest BCUT2D eigenvalue weighted by molar-refractivity contribution is 0.470. The van der Waals surface area contributed by atoms with Gasteiger partial charge in [0, 0.05) is 12.1 Å². The predicted octanol–water partition coefficient (Wildman–Crippen LogP) is 4.23. The summed E-state index contributed by atoms with van der Waals surface area (Å²) in [5, 5.41) is 19.7. The SMILES string of the molecule is CCc1nnc(CSc2nnc(-c3cccs3)n2-c2ccccc2)o1. The van der Waals surface area contributed by atoms with Crippen molar-refractivity contribution < 1.29 is 4.42 Å². The van der Waals surface area contributed by atoms with Gasteiger partial charge in [0.15, 0.2) is 11.0 Å². The number of hydrogen-bond acceptors (Lipinski definition) is 7. The van der Waals surface area contributed by atoms with Crippen LogP contribution in [0.25, 0.3) is 16.4 Å². The molecule has 3 aromatic heterocycles. The predicted molar refractivity (Wildman–Crippen MR) is 97.9 cm³/mol. The molecule has 0 unspecified atom stereocenters. The Labute approximate surface area is 152 Å². The monoisotopic (exact) mass is 369 g/mol. The fraction of sp³-hybridized carbons (Fsp3) is 0.176. The molecule has 0 fully saturated rings. The zero-order valence-electron chi connectivity index (χ0n) is 13.5. The average Bonchev–Trinajstić information content (AvgIpc) is 3.39. The Kier molecular flexibility index (Phi) is 4.62. The fourth-order valence-electron chi connectivity index (χ4n) is 2.35. The van der Waals surface area contributed by atoms with Crippen molar-refractivity contribution in [1.82, 2.24) is 25.0 Å². The van der Waals surface area contributed by atoms with Crippen LogP contribution in [0.4, 0.5) is 0 Å². The number of nitrogens with zero attached hydrogens (tertiary/aromatic N) is 5. The number of thioether (sulfide) groups is 1.